The molecule has 1 atom stereocenters. The second kappa shape index (κ2) is 6.57. The molecule has 0 spiro atoms. The van der Waals surface area contributed by atoms with Gasteiger partial charge in [-0.1, -0.05) is 37.1 Å². The zero-order valence-electron chi connectivity index (χ0n) is 11.5. The molecular weight excluding hydrogens is 276 g/mol. The Kier molecular flexibility index (Phi) is 4.79. The molecule has 0 aliphatic heterocycles. The molecule has 1 heterocycles. The molecule has 0 amide bonds. The second-order valence-corrected chi connectivity index (χ2v) is 5.06. The minimum Gasteiger partial charge on any atom is -0.453 e. The summed E-state index contributed by atoms with van der Waals surface area (Å²) in [4.78, 5) is 12.0. The Morgan fingerprint density at radius 2 is 2.10 bits per heavy atom. The predicted octanol–water partition coefficient (Wildman–Crippen LogP) is 3.93. The molecule has 5 heteroatoms. The van der Waals surface area contributed by atoms with Crippen molar-refractivity contribution in [3.8, 4) is 0 Å². The quantitative estimate of drug-likeness (QED) is 0.849. The van der Waals surface area contributed by atoms with E-state index in [9.17, 15) is 4.79 Å². The van der Waals surface area contributed by atoms with Crippen LogP contribution in [0, 0.1) is 0 Å². The summed E-state index contributed by atoms with van der Waals surface area (Å²) in [6.45, 7) is 3.89. The number of hydrogen-bond acceptors (Lipinski definition) is 3. The van der Waals surface area contributed by atoms with E-state index in [2.05, 4.69) is 17.1 Å². The number of benzene rings is 1. The van der Waals surface area contributed by atoms with Crippen molar-refractivity contribution >= 4 is 17.6 Å². The van der Waals surface area contributed by atoms with Crippen LogP contribution in [0.4, 0.5) is 0 Å². The van der Waals surface area contributed by atoms with E-state index >= 15 is 0 Å². The van der Waals surface area contributed by atoms with E-state index in [1.54, 1.807) is 18.2 Å². The Morgan fingerprint density at radius 3 is 2.75 bits per heavy atom. The van der Waals surface area contributed by atoms with E-state index < -0.39 is 5.97 Å². The van der Waals surface area contributed by atoms with E-state index in [0.717, 1.165) is 24.1 Å². The number of hydrogen-bond donors (Lipinski definition) is 1. The van der Waals surface area contributed by atoms with Crippen LogP contribution in [0.1, 0.15) is 48.1 Å². The molecule has 0 fully saturated rings. The van der Waals surface area contributed by atoms with E-state index in [1.807, 2.05) is 19.1 Å². The summed E-state index contributed by atoms with van der Waals surface area (Å²) in [5, 5.41) is 7.47. The van der Waals surface area contributed by atoms with Gasteiger partial charge in [-0.3, -0.25) is 5.10 Å². The van der Waals surface area contributed by atoms with Crippen LogP contribution < -0.4 is 0 Å². The molecule has 1 aromatic heterocycles. The highest BCUT2D eigenvalue weighted by Crippen LogP contribution is 2.20. The van der Waals surface area contributed by atoms with Crippen LogP contribution in [-0.4, -0.2) is 16.2 Å². The lowest BCUT2D eigenvalue weighted by atomic mass is 10.1. The van der Waals surface area contributed by atoms with Gasteiger partial charge < -0.3 is 4.74 Å². The van der Waals surface area contributed by atoms with Crippen LogP contribution in [0.15, 0.2) is 30.3 Å². The zero-order chi connectivity index (χ0) is 14.5. The van der Waals surface area contributed by atoms with Gasteiger partial charge >= 0.3 is 5.97 Å². The van der Waals surface area contributed by atoms with Crippen LogP contribution in [0.25, 0.3) is 0 Å². The number of aromatic amines is 1. The van der Waals surface area contributed by atoms with Crippen LogP contribution in [-0.2, 0) is 11.2 Å². The van der Waals surface area contributed by atoms with Gasteiger partial charge in [-0.25, -0.2) is 4.79 Å². The first-order valence-electron chi connectivity index (χ1n) is 6.61. The van der Waals surface area contributed by atoms with Gasteiger partial charge in [0.1, 0.15) is 6.10 Å². The van der Waals surface area contributed by atoms with Crippen molar-refractivity contribution in [2.75, 3.05) is 0 Å². The van der Waals surface area contributed by atoms with Gasteiger partial charge in [0, 0.05) is 10.7 Å². The average molecular weight is 293 g/mol. The van der Waals surface area contributed by atoms with Crippen LogP contribution in [0.2, 0.25) is 5.02 Å². The van der Waals surface area contributed by atoms with E-state index in [4.69, 9.17) is 16.3 Å². The Labute approximate surface area is 123 Å². The molecule has 2 aromatic rings. The van der Waals surface area contributed by atoms with Gasteiger partial charge in [-0.2, -0.15) is 5.10 Å². The first-order valence-corrected chi connectivity index (χ1v) is 6.98. The van der Waals surface area contributed by atoms with Crippen molar-refractivity contribution < 1.29 is 9.53 Å². The number of aromatic nitrogens is 2. The standard InChI is InChI=1S/C15H17ClN2O2/c1-3-4-13-9-14(18-17-13)15(19)20-10(2)11-5-7-12(16)8-6-11/h5-10H,3-4H2,1-2H3,(H,17,18). The Hall–Kier alpha value is -1.81. The third-order valence-corrected chi connectivity index (χ3v) is 3.23. The van der Waals surface area contributed by atoms with Crippen molar-refractivity contribution in [3.63, 3.8) is 0 Å². The predicted molar refractivity (Wildman–Crippen MR) is 77.9 cm³/mol. The molecule has 0 bridgehead atoms. The van der Waals surface area contributed by atoms with Gasteiger partial charge in [-0.05, 0) is 37.1 Å². The highest BCUT2D eigenvalue weighted by Gasteiger charge is 2.16. The highest BCUT2D eigenvalue weighted by atomic mass is 35.5. The molecular formula is C15H17ClN2O2. The number of aryl methyl sites for hydroxylation is 1. The van der Waals surface area contributed by atoms with Crippen molar-refractivity contribution in [1.29, 1.82) is 0 Å². The number of nitrogens with zero attached hydrogens (tertiary/aromatic N) is 1. The molecule has 0 saturated heterocycles. The van der Waals surface area contributed by atoms with Gasteiger partial charge in [0.15, 0.2) is 5.69 Å². The number of halogens is 1. The first-order chi connectivity index (χ1) is 9.60. The number of ether oxygens (including phenoxy) is 1. The lowest BCUT2D eigenvalue weighted by molar-refractivity contribution is 0.0331. The molecule has 2 rings (SSSR count). The maximum Gasteiger partial charge on any atom is 0.359 e. The number of H-pyrrole nitrogens is 1. The van der Waals surface area contributed by atoms with Gasteiger partial charge in [-0.15, -0.1) is 0 Å². The molecule has 1 N–H and O–H groups in total. The van der Waals surface area contributed by atoms with E-state index in [0.29, 0.717) is 10.7 Å². The molecule has 0 aliphatic rings. The fourth-order valence-corrected chi connectivity index (χ4v) is 2.01. The maximum absolute atomic E-state index is 12.0. The third-order valence-electron chi connectivity index (χ3n) is 2.98. The fraction of sp³-hybridized carbons (Fsp3) is 0.333. The van der Waals surface area contributed by atoms with Crippen molar-refractivity contribution in [2.45, 2.75) is 32.8 Å². The smallest absolute Gasteiger partial charge is 0.359 e. The molecule has 20 heavy (non-hydrogen) atoms. The number of rotatable bonds is 5. The molecule has 0 aliphatic carbocycles. The lowest BCUT2D eigenvalue weighted by Gasteiger charge is -2.12. The van der Waals surface area contributed by atoms with Gasteiger partial charge in [0.05, 0.1) is 0 Å². The van der Waals surface area contributed by atoms with E-state index in [-0.39, 0.29) is 6.10 Å². The number of carbonyl (C=O) groups is 1. The SMILES string of the molecule is CCCc1cc(C(=O)OC(C)c2ccc(Cl)cc2)n[nH]1. The summed E-state index contributed by atoms with van der Waals surface area (Å²) in [6, 6.07) is 8.96. The summed E-state index contributed by atoms with van der Waals surface area (Å²) < 4.78 is 5.39. The minimum atomic E-state index is -0.425. The average Bonchev–Trinajstić information content (AvgIpc) is 2.88. The fourth-order valence-electron chi connectivity index (χ4n) is 1.89. The Bertz CT molecular complexity index is 578. The molecule has 106 valence electrons. The molecule has 0 saturated carbocycles. The van der Waals surface area contributed by atoms with Crippen molar-refractivity contribution in [3.05, 3.63) is 52.3 Å². The summed E-state index contributed by atoms with van der Waals surface area (Å²) in [7, 11) is 0. The maximum atomic E-state index is 12.0. The van der Waals surface area contributed by atoms with Gasteiger partial charge in [0.2, 0.25) is 0 Å². The largest absolute Gasteiger partial charge is 0.453 e. The lowest BCUT2D eigenvalue weighted by Crippen LogP contribution is -2.09. The van der Waals surface area contributed by atoms with Crippen molar-refractivity contribution in [2.24, 2.45) is 0 Å². The van der Waals surface area contributed by atoms with Crippen molar-refractivity contribution in [1.82, 2.24) is 10.2 Å². The molecule has 1 unspecified atom stereocenters. The monoisotopic (exact) mass is 292 g/mol. The first kappa shape index (κ1) is 14.6. The van der Waals surface area contributed by atoms with Crippen LogP contribution >= 0.6 is 11.6 Å². The second-order valence-electron chi connectivity index (χ2n) is 4.63. The Morgan fingerprint density at radius 1 is 1.40 bits per heavy atom. The molecule has 1 aromatic carbocycles. The van der Waals surface area contributed by atoms with Crippen LogP contribution in [0.5, 0.6) is 0 Å². The number of nitrogens with one attached hydrogen (secondary N) is 1. The summed E-state index contributed by atoms with van der Waals surface area (Å²) in [6.07, 6.45) is 1.52. The molecule has 4 nitrogen and oxygen atoms in total. The summed E-state index contributed by atoms with van der Waals surface area (Å²) >= 11 is 5.83. The summed E-state index contributed by atoms with van der Waals surface area (Å²) in [5.41, 5.74) is 2.15. The van der Waals surface area contributed by atoms with Crippen LogP contribution in [0.3, 0.4) is 0 Å². The zero-order valence-corrected chi connectivity index (χ0v) is 12.3. The topological polar surface area (TPSA) is 55.0 Å². The Balaban J connectivity index is 2.01. The number of esters is 1. The minimum absolute atomic E-state index is 0.314. The normalized spacial score (nSPS) is 12.2. The third kappa shape index (κ3) is 3.61. The number of carbonyl (C=O) groups excluding carboxylic acids is 1. The van der Waals surface area contributed by atoms with E-state index in [1.165, 1.54) is 0 Å². The summed E-state index contributed by atoms with van der Waals surface area (Å²) in [5.74, 6) is -0.425. The highest BCUT2D eigenvalue weighted by molar-refractivity contribution is 6.30. The molecule has 0 radical (unpaired) electrons. The van der Waals surface area contributed by atoms with Gasteiger partial charge in [0.25, 0.3) is 0 Å².